The first-order chi connectivity index (χ1) is 10.1. The second-order valence-electron chi connectivity index (χ2n) is 5.30. The average Bonchev–Trinajstić information content (AvgIpc) is 2.91. The molecule has 1 heterocycles. The topological polar surface area (TPSA) is 66.8 Å². The number of hydrogen-bond donors (Lipinski definition) is 1. The molecule has 0 radical (unpaired) electrons. The van der Waals surface area contributed by atoms with Crippen molar-refractivity contribution in [1.82, 2.24) is 4.90 Å². The van der Waals surface area contributed by atoms with Crippen LogP contribution in [0.25, 0.3) is 0 Å². The SMILES string of the molecule is COc1ccccc1C(=O)CCN1CCCC1CC(=O)O. The highest BCUT2D eigenvalue weighted by molar-refractivity contribution is 5.98. The molecular weight excluding hydrogens is 270 g/mol. The van der Waals surface area contributed by atoms with Gasteiger partial charge >= 0.3 is 5.97 Å². The Morgan fingerprint density at radius 3 is 2.86 bits per heavy atom. The van der Waals surface area contributed by atoms with Crippen molar-refractivity contribution >= 4 is 11.8 Å². The number of carbonyl (C=O) groups is 2. The summed E-state index contributed by atoms with van der Waals surface area (Å²) in [6.07, 6.45) is 2.44. The van der Waals surface area contributed by atoms with Gasteiger partial charge in [-0.15, -0.1) is 0 Å². The number of aliphatic carboxylic acids is 1. The Morgan fingerprint density at radius 1 is 1.38 bits per heavy atom. The highest BCUT2D eigenvalue weighted by Crippen LogP contribution is 2.22. The number of ketones is 1. The minimum atomic E-state index is -0.775. The van der Waals surface area contributed by atoms with Crippen LogP contribution >= 0.6 is 0 Å². The smallest absolute Gasteiger partial charge is 0.304 e. The van der Waals surface area contributed by atoms with Crippen LogP contribution in [0.1, 0.15) is 36.0 Å². The molecule has 1 saturated heterocycles. The van der Waals surface area contributed by atoms with Crippen LogP contribution in [0.4, 0.5) is 0 Å². The van der Waals surface area contributed by atoms with Gasteiger partial charge in [0.2, 0.25) is 0 Å². The summed E-state index contributed by atoms with van der Waals surface area (Å²) in [4.78, 5) is 25.2. The number of carboxylic acid groups (broad SMARTS) is 1. The molecule has 1 fully saturated rings. The lowest BCUT2D eigenvalue weighted by Gasteiger charge is -2.22. The highest BCUT2D eigenvalue weighted by Gasteiger charge is 2.27. The van der Waals surface area contributed by atoms with Gasteiger partial charge in [0, 0.05) is 19.0 Å². The van der Waals surface area contributed by atoms with Gasteiger partial charge in [0.05, 0.1) is 19.1 Å². The molecule has 5 nitrogen and oxygen atoms in total. The summed E-state index contributed by atoms with van der Waals surface area (Å²) < 4.78 is 5.20. The molecule has 0 amide bonds. The zero-order chi connectivity index (χ0) is 15.2. The summed E-state index contributed by atoms with van der Waals surface area (Å²) in [5, 5.41) is 8.91. The predicted molar refractivity (Wildman–Crippen MR) is 78.8 cm³/mol. The molecule has 0 bridgehead atoms. The van der Waals surface area contributed by atoms with Gasteiger partial charge in [0.15, 0.2) is 5.78 Å². The third-order valence-corrected chi connectivity index (χ3v) is 3.94. The Morgan fingerprint density at radius 2 is 2.14 bits per heavy atom. The van der Waals surface area contributed by atoms with Gasteiger partial charge < -0.3 is 9.84 Å². The lowest BCUT2D eigenvalue weighted by atomic mass is 10.1. The number of para-hydroxylation sites is 1. The molecule has 0 spiro atoms. The first-order valence-corrected chi connectivity index (χ1v) is 7.24. The van der Waals surface area contributed by atoms with Crippen molar-refractivity contribution in [3.63, 3.8) is 0 Å². The van der Waals surface area contributed by atoms with Crippen LogP contribution in [0.5, 0.6) is 5.75 Å². The van der Waals surface area contributed by atoms with E-state index in [9.17, 15) is 9.59 Å². The van der Waals surface area contributed by atoms with E-state index in [4.69, 9.17) is 9.84 Å². The Hall–Kier alpha value is -1.88. The van der Waals surface area contributed by atoms with Crippen LogP contribution in [0, 0.1) is 0 Å². The van der Waals surface area contributed by atoms with E-state index in [1.807, 2.05) is 12.1 Å². The van der Waals surface area contributed by atoms with Gasteiger partial charge in [-0.05, 0) is 31.5 Å². The normalized spacial score (nSPS) is 18.6. The van der Waals surface area contributed by atoms with E-state index in [1.165, 1.54) is 0 Å². The minimum Gasteiger partial charge on any atom is -0.496 e. The van der Waals surface area contributed by atoms with Gasteiger partial charge in [0.1, 0.15) is 5.75 Å². The Balaban J connectivity index is 1.93. The van der Waals surface area contributed by atoms with Gasteiger partial charge in [-0.25, -0.2) is 0 Å². The highest BCUT2D eigenvalue weighted by atomic mass is 16.5. The maximum Gasteiger partial charge on any atom is 0.304 e. The van der Waals surface area contributed by atoms with Crippen LogP contribution in [0.3, 0.4) is 0 Å². The fraction of sp³-hybridized carbons (Fsp3) is 0.500. The molecule has 0 aromatic heterocycles. The maximum atomic E-state index is 12.3. The van der Waals surface area contributed by atoms with Gasteiger partial charge in [-0.2, -0.15) is 0 Å². The predicted octanol–water partition coefficient (Wildman–Crippen LogP) is 2.21. The van der Waals surface area contributed by atoms with Crippen LogP contribution in [-0.4, -0.2) is 48.0 Å². The molecule has 1 aliphatic rings. The molecule has 1 atom stereocenters. The number of likely N-dealkylation sites (tertiary alicyclic amines) is 1. The molecule has 1 unspecified atom stereocenters. The number of methoxy groups -OCH3 is 1. The molecule has 1 aliphatic heterocycles. The van der Waals surface area contributed by atoms with Crippen LogP contribution in [0.15, 0.2) is 24.3 Å². The fourth-order valence-electron chi connectivity index (χ4n) is 2.88. The molecular formula is C16H21NO4. The van der Waals surface area contributed by atoms with Crippen molar-refractivity contribution in [2.75, 3.05) is 20.2 Å². The summed E-state index contributed by atoms with van der Waals surface area (Å²) >= 11 is 0. The summed E-state index contributed by atoms with van der Waals surface area (Å²) in [5.74, 6) is -0.151. The number of rotatable bonds is 7. The number of Topliss-reactive ketones (excluding diaryl/α,β-unsaturated/α-hetero) is 1. The van der Waals surface area contributed by atoms with Crippen LogP contribution in [-0.2, 0) is 4.79 Å². The van der Waals surface area contributed by atoms with Crippen molar-refractivity contribution in [2.24, 2.45) is 0 Å². The average molecular weight is 291 g/mol. The van der Waals surface area contributed by atoms with E-state index in [0.29, 0.717) is 24.3 Å². The lowest BCUT2D eigenvalue weighted by molar-refractivity contribution is -0.138. The van der Waals surface area contributed by atoms with Gasteiger partial charge in [-0.3, -0.25) is 14.5 Å². The Bertz CT molecular complexity index is 515. The first kappa shape index (κ1) is 15.5. The Labute approximate surface area is 124 Å². The largest absolute Gasteiger partial charge is 0.496 e. The van der Waals surface area contributed by atoms with E-state index >= 15 is 0 Å². The van der Waals surface area contributed by atoms with Crippen molar-refractivity contribution in [1.29, 1.82) is 0 Å². The maximum absolute atomic E-state index is 12.3. The monoisotopic (exact) mass is 291 g/mol. The van der Waals surface area contributed by atoms with E-state index in [2.05, 4.69) is 4.90 Å². The molecule has 2 rings (SSSR count). The summed E-state index contributed by atoms with van der Waals surface area (Å²) in [5.41, 5.74) is 0.592. The zero-order valence-electron chi connectivity index (χ0n) is 12.2. The van der Waals surface area contributed by atoms with E-state index in [-0.39, 0.29) is 18.2 Å². The molecule has 0 saturated carbocycles. The lowest BCUT2D eigenvalue weighted by Crippen LogP contribution is -2.33. The van der Waals surface area contributed by atoms with Gasteiger partial charge in [-0.1, -0.05) is 12.1 Å². The summed E-state index contributed by atoms with van der Waals surface area (Å²) in [7, 11) is 1.55. The molecule has 21 heavy (non-hydrogen) atoms. The molecule has 5 heteroatoms. The van der Waals surface area contributed by atoms with Crippen LogP contribution in [0.2, 0.25) is 0 Å². The molecule has 1 aromatic rings. The summed E-state index contributed by atoms with van der Waals surface area (Å²) in [6.45, 7) is 1.48. The minimum absolute atomic E-state index is 0.0356. The van der Waals surface area contributed by atoms with Gasteiger partial charge in [0.25, 0.3) is 0 Å². The number of carboxylic acids is 1. The van der Waals surface area contributed by atoms with Crippen molar-refractivity contribution < 1.29 is 19.4 Å². The third-order valence-electron chi connectivity index (χ3n) is 3.94. The quantitative estimate of drug-likeness (QED) is 0.780. The van der Waals surface area contributed by atoms with E-state index in [1.54, 1.807) is 19.2 Å². The number of ether oxygens (including phenoxy) is 1. The standard InChI is InChI=1S/C16H21NO4/c1-21-15-7-3-2-6-13(15)14(18)8-10-17-9-4-5-12(17)11-16(19)20/h2-3,6-7,12H,4-5,8-11H2,1H3,(H,19,20). The molecule has 114 valence electrons. The molecule has 1 aromatic carbocycles. The zero-order valence-corrected chi connectivity index (χ0v) is 12.2. The second-order valence-corrected chi connectivity index (χ2v) is 5.30. The second kappa shape index (κ2) is 7.22. The van der Waals surface area contributed by atoms with Crippen molar-refractivity contribution in [3.8, 4) is 5.75 Å². The van der Waals surface area contributed by atoms with Crippen LogP contribution < -0.4 is 4.74 Å². The van der Waals surface area contributed by atoms with Crippen molar-refractivity contribution in [2.45, 2.75) is 31.7 Å². The number of nitrogens with zero attached hydrogens (tertiary/aromatic N) is 1. The molecule has 1 N–H and O–H groups in total. The molecule has 0 aliphatic carbocycles. The first-order valence-electron chi connectivity index (χ1n) is 7.24. The third kappa shape index (κ3) is 4.04. The fourth-order valence-corrected chi connectivity index (χ4v) is 2.88. The summed E-state index contributed by atoms with van der Waals surface area (Å²) in [6, 6.07) is 7.25. The Kier molecular flexibility index (Phi) is 5.33. The number of hydrogen-bond acceptors (Lipinski definition) is 4. The van der Waals surface area contributed by atoms with E-state index < -0.39 is 5.97 Å². The van der Waals surface area contributed by atoms with Crippen molar-refractivity contribution in [3.05, 3.63) is 29.8 Å². The number of benzene rings is 1. The van der Waals surface area contributed by atoms with E-state index in [0.717, 1.165) is 19.4 Å². The number of carbonyl (C=O) groups excluding carboxylic acids is 1.